The molecule has 0 atom stereocenters. The third kappa shape index (κ3) is 4.92. The Bertz CT molecular complexity index is 836. The first-order valence-electron chi connectivity index (χ1n) is 9.53. The van der Waals surface area contributed by atoms with Gasteiger partial charge < -0.3 is 16.4 Å². The van der Waals surface area contributed by atoms with Crippen molar-refractivity contribution in [2.45, 2.75) is 38.5 Å². The Hall–Kier alpha value is -2.80. The van der Waals surface area contributed by atoms with Crippen molar-refractivity contribution in [1.82, 2.24) is 4.98 Å². The van der Waals surface area contributed by atoms with E-state index in [1.165, 1.54) is 24.4 Å². The molecule has 0 aliphatic heterocycles. The SMILES string of the molecule is NCC1(CC(=O)Nc2cc(F)ccc2NC(=O)c2ccccn2)CCCCC1. The normalized spacial score (nSPS) is 15.6. The van der Waals surface area contributed by atoms with Crippen LogP contribution in [0.25, 0.3) is 0 Å². The summed E-state index contributed by atoms with van der Waals surface area (Å²) in [5, 5.41) is 5.42. The largest absolute Gasteiger partial charge is 0.330 e. The molecule has 28 heavy (non-hydrogen) atoms. The number of hydrogen-bond donors (Lipinski definition) is 3. The molecular formula is C21H25FN4O2. The quantitative estimate of drug-likeness (QED) is 0.707. The van der Waals surface area contributed by atoms with Gasteiger partial charge in [-0.15, -0.1) is 0 Å². The molecule has 148 valence electrons. The predicted molar refractivity (Wildman–Crippen MR) is 106 cm³/mol. The summed E-state index contributed by atoms with van der Waals surface area (Å²) in [6, 6.07) is 8.83. The average Bonchev–Trinajstić information content (AvgIpc) is 2.71. The molecular weight excluding hydrogens is 359 g/mol. The number of aromatic nitrogens is 1. The van der Waals surface area contributed by atoms with Crippen LogP contribution in [0.2, 0.25) is 0 Å². The monoisotopic (exact) mass is 384 g/mol. The van der Waals surface area contributed by atoms with Gasteiger partial charge in [0.25, 0.3) is 5.91 Å². The molecule has 0 unspecified atom stereocenters. The Morgan fingerprint density at radius 2 is 1.86 bits per heavy atom. The molecule has 3 rings (SSSR count). The predicted octanol–water partition coefficient (Wildman–Crippen LogP) is 3.71. The number of amides is 2. The van der Waals surface area contributed by atoms with Crippen LogP contribution in [0, 0.1) is 11.2 Å². The van der Waals surface area contributed by atoms with Crippen molar-refractivity contribution in [3.8, 4) is 0 Å². The van der Waals surface area contributed by atoms with E-state index in [9.17, 15) is 14.0 Å². The zero-order chi connectivity index (χ0) is 20.0. The molecule has 1 fully saturated rings. The van der Waals surface area contributed by atoms with Gasteiger partial charge in [0.05, 0.1) is 11.4 Å². The molecule has 1 aliphatic carbocycles. The standard InChI is InChI=1S/C21H25FN4O2/c22-15-7-8-16(26-20(28)17-6-2-5-11-24-17)18(12-15)25-19(27)13-21(14-23)9-3-1-4-10-21/h2,5-8,11-12H,1,3-4,9-10,13-14,23H2,(H,25,27)(H,26,28). The fourth-order valence-electron chi connectivity index (χ4n) is 3.70. The van der Waals surface area contributed by atoms with Crippen molar-refractivity contribution in [3.63, 3.8) is 0 Å². The van der Waals surface area contributed by atoms with Gasteiger partial charge in [-0.1, -0.05) is 25.3 Å². The van der Waals surface area contributed by atoms with Crippen LogP contribution in [-0.2, 0) is 4.79 Å². The molecule has 1 saturated carbocycles. The van der Waals surface area contributed by atoms with E-state index in [0.717, 1.165) is 32.1 Å². The number of nitrogens with two attached hydrogens (primary N) is 1. The van der Waals surface area contributed by atoms with Gasteiger partial charge in [-0.2, -0.15) is 0 Å². The molecule has 2 amide bonds. The number of hydrogen-bond acceptors (Lipinski definition) is 4. The lowest BCUT2D eigenvalue weighted by molar-refractivity contribution is -0.118. The number of nitrogens with one attached hydrogen (secondary N) is 2. The highest BCUT2D eigenvalue weighted by molar-refractivity contribution is 6.06. The number of benzene rings is 1. The number of carbonyl (C=O) groups is 2. The third-order valence-electron chi connectivity index (χ3n) is 5.28. The van der Waals surface area contributed by atoms with Crippen LogP contribution in [-0.4, -0.2) is 23.3 Å². The lowest BCUT2D eigenvalue weighted by Crippen LogP contribution is -2.36. The van der Waals surface area contributed by atoms with E-state index in [4.69, 9.17) is 5.73 Å². The fraction of sp³-hybridized carbons (Fsp3) is 0.381. The van der Waals surface area contributed by atoms with Crippen LogP contribution in [0.3, 0.4) is 0 Å². The molecule has 0 spiro atoms. The Morgan fingerprint density at radius 1 is 1.07 bits per heavy atom. The molecule has 1 aliphatic rings. The number of anilines is 2. The van der Waals surface area contributed by atoms with E-state index in [-0.39, 0.29) is 29.1 Å². The maximum atomic E-state index is 13.8. The summed E-state index contributed by atoms with van der Waals surface area (Å²) in [7, 11) is 0. The van der Waals surface area contributed by atoms with Gasteiger partial charge in [0, 0.05) is 12.6 Å². The van der Waals surface area contributed by atoms with Gasteiger partial charge in [0.2, 0.25) is 5.91 Å². The molecule has 0 bridgehead atoms. The summed E-state index contributed by atoms with van der Waals surface area (Å²) in [4.78, 5) is 29.0. The van der Waals surface area contributed by atoms with Gasteiger partial charge in [-0.05, 0) is 55.1 Å². The minimum atomic E-state index is -0.502. The second-order valence-electron chi connectivity index (χ2n) is 7.35. The molecule has 0 radical (unpaired) electrons. The molecule has 2 aromatic rings. The van der Waals surface area contributed by atoms with Crippen LogP contribution in [0.1, 0.15) is 49.0 Å². The summed E-state index contributed by atoms with van der Waals surface area (Å²) in [5.41, 5.74) is 6.52. The van der Waals surface area contributed by atoms with E-state index < -0.39 is 11.7 Å². The minimum Gasteiger partial charge on any atom is -0.330 e. The van der Waals surface area contributed by atoms with E-state index in [2.05, 4.69) is 15.6 Å². The van der Waals surface area contributed by atoms with Gasteiger partial charge in [0.15, 0.2) is 0 Å². The molecule has 1 aromatic carbocycles. The topological polar surface area (TPSA) is 97.1 Å². The maximum Gasteiger partial charge on any atom is 0.274 e. The molecule has 7 heteroatoms. The third-order valence-corrected chi connectivity index (χ3v) is 5.28. The number of pyridine rings is 1. The van der Waals surface area contributed by atoms with Crippen molar-refractivity contribution in [1.29, 1.82) is 0 Å². The zero-order valence-electron chi connectivity index (χ0n) is 15.7. The lowest BCUT2D eigenvalue weighted by Gasteiger charge is -2.35. The summed E-state index contributed by atoms with van der Waals surface area (Å²) < 4.78 is 13.8. The van der Waals surface area contributed by atoms with E-state index >= 15 is 0 Å². The van der Waals surface area contributed by atoms with Crippen molar-refractivity contribution in [3.05, 3.63) is 54.1 Å². The second-order valence-corrected chi connectivity index (χ2v) is 7.35. The number of rotatable bonds is 6. The van der Waals surface area contributed by atoms with Crippen LogP contribution >= 0.6 is 0 Å². The number of halogens is 1. The number of carbonyl (C=O) groups excluding carboxylic acids is 2. The van der Waals surface area contributed by atoms with E-state index in [0.29, 0.717) is 12.2 Å². The number of nitrogens with zero attached hydrogens (tertiary/aromatic N) is 1. The van der Waals surface area contributed by atoms with Gasteiger partial charge in [-0.3, -0.25) is 14.6 Å². The fourth-order valence-corrected chi connectivity index (χ4v) is 3.70. The zero-order valence-corrected chi connectivity index (χ0v) is 15.7. The molecule has 1 heterocycles. The molecule has 0 saturated heterocycles. The first-order chi connectivity index (χ1) is 13.5. The van der Waals surface area contributed by atoms with Crippen molar-refractivity contribution in [2.24, 2.45) is 11.1 Å². The Kier molecular flexibility index (Phi) is 6.36. The van der Waals surface area contributed by atoms with Crippen LogP contribution < -0.4 is 16.4 Å². The Morgan fingerprint density at radius 3 is 2.54 bits per heavy atom. The Labute approximate surface area is 163 Å². The summed E-state index contributed by atoms with van der Waals surface area (Å²) in [6.45, 7) is 0.451. The molecule has 6 nitrogen and oxygen atoms in total. The van der Waals surface area contributed by atoms with E-state index in [1.807, 2.05) is 0 Å². The van der Waals surface area contributed by atoms with Crippen molar-refractivity contribution < 1.29 is 14.0 Å². The maximum absolute atomic E-state index is 13.8. The summed E-state index contributed by atoms with van der Waals surface area (Å²) >= 11 is 0. The summed E-state index contributed by atoms with van der Waals surface area (Å²) in [5.74, 6) is -1.17. The van der Waals surface area contributed by atoms with Gasteiger partial charge >= 0.3 is 0 Å². The second kappa shape index (κ2) is 8.93. The smallest absolute Gasteiger partial charge is 0.274 e. The van der Waals surface area contributed by atoms with Crippen molar-refractivity contribution >= 4 is 23.2 Å². The van der Waals surface area contributed by atoms with Crippen molar-refractivity contribution in [2.75, 3.05) is 17.2 Å². The summed E-state index contributed by atoms with van der Waals surface area (Å²) in [6.07, 6.45) is 6.93. The highest BCUT2D eigenvalue weighted by Crippen LogP contribution is 2.38. The van der Waals surface area contributed by atoms with E-state index in [1.54, 1.807) is 18.2 Å². The molecule has 4 N–H and O–H groups in total. The first-order valence-corrected chi connectivity index (χ1v) is 9.53. The average molecular weight is 384 g/mol. The first kappa shape index (κ1) is 19.9. The van der Waals surface area contributed by atoms with Crippen LogP contribution in [0.15, 0.2) is 42.6 Å². The highest BCUT2D eigenvalue weighted by Gasteiger charge is 2.33. The van der Waals surface area contributed by atoms with Crippen LogP contribution in [0.4, 0.5) is 15.8 Å². The molecule has 1 aromatic heterocycles. The highest BCUT2D eigenvalue weighted by atomic mass is 19.1. The Balaban J connectivity index is 1.73. The minimum absolute atomic E-state index is 0.201. The van der Waals surface area contributed by atoms with Gasteiger partial charge in [-0.25, -0.2) is 4.39 Å². The lowest BCUT2D eigenvalue weighted by atomic mass is 9.71. The van der Waals surface area contributed by atoms with Gasteiger partial charge in [0.1, 0.15) is 11.5 Å². The van der Waals surface area contributed by atoms with Crippen LogP contribution in [0.5, 0.6) is 0 Å².